The van der Waals surface area contributed by atoms with E-state index in [0.29, 0.717) is 23.3 Å². The average molecular weight is 521 g/mol. The molecule has 0 saturated carbocycles. The van der Waals surface area contributed by atoms with Crippen molar-refractivity contribution in [3.8, 4) is 0 Å². The quantitative estimate of drug-likeness (QED) is 0.242. The molecule has 1 fully saturated rings. The fourth-order valence-electron chi connectivity index (χ4n) is 4.32. The van der Waals surface area contributed by atoms with Gasteiger partial charge in [0.15, 0.2) is 20.6 Å². The Morgan fingerprint density at radius 2 is 1.94 bits per heavy atom. The number of esters is 1. The van der Waals surface area contributed by atoms with E-state index >= 15 is 0 Å². The van der Waals surface area contributed by atoms with E-state index in [4.69, 9.17) is 19.6 Å². The maximum Gasteiger partial charge on any atom is 0.306 e. The minimum atomic E-state index is -2.11. The summed E-state index contributed by atoms with van der Waals surface area (Å²) in [6.45, 7) is 14.8. The third-order valence-electron chi connectivity index (χ3n) is 7.67. The van der Waals surface area contributed by atoms with Crippen molar-refractivity contribution in [3.63, 3.8) is 0 Å². The summed E-state index contributed by atoms with van der Waals surface area (Å²) >= 11 is 0. The van der Waals surface area contributed by atoms with Crippen molar-refractivity contribution in [1.29, 1.82) is 0 Å². The lowest BCUT2D eigenvalue weighted by molar-refractivity contribution is -0.164. The summed E-state index contributed by atoms with van der Waals surface area (Å²) in [5.41, 5.74) is 5.04. The van der Waals surface area contributed by atoms with Crippen LogP contribution in [0.5, 0.6) is 0 Å². The van der Waals surface area contributed by atoms with Gasteiger partial charge in [-0.1, -0.05) is 53.4 Å². The van der Waals surface area contributed by atoms with Gasteiger partial charge in [-0.25, -0.2) is 9.97 Å². The van der Waals surface area contributed by atoms with Crippen LogP contribution in [-0.2, 0) is 18.7 Å². The Morgan fingerprint density at radius 1 is 1.25 bits per heavy atom. The third-order valence-corrected chi connectivity index (χ3v) is 12.2. The molecule has 0 aromatic carbocycles. The molecule has 0 amide bonds. The first-order chi connectivity index (χ1) is 16.8. The number of hydrogen-bond donors (Lipinski definition) is 2. The van der Waals surface area contributed by atoms with Gasteiger partial charge in [-0.3, -0.25) is 4.79 Å². The summed E-state index contributed by atoms with van der Waals surface area (Å²) in [7, 11) is -2.11. The molecule has 0 radical (unpaired) electrons. The average Bonchev–Trinajstić information content (AvgIpc) is 3.31. The van der Waals surface area contributed by atoms with Crippen LogP contribution in [-0.4, -0.2) is 58.3 Å². The number of hydrogen-bond acceptors (Lipinski definition) is 8. The summed E-state index contributed by atoms with van der Waals surface area (Å²) in [5, 5.41) is 12.4. The van der Waals surface area contributed by atoms with Crippen molar-refractivity contribution in [2.24, 2.45) is 0 Å². The van der Waals surface area contributed by atoms with Gasteiger partial charge in [-0.05, 0) is 37.5 Å². The monoisotopic (exact) mass is 520 g/mol. The summed E-state index contributed by atoms with van der Waals surface area (Å²) in [5.74, 6) is 0.0162. The largest absolute Gasteiger partial charge is 0.456 e. The van der Waals surface area contributed by atoms with Gasteiger partial charge in [-0.15, -0.1) is 0 Å². The molecule has 2 aromatic rings. The topological polar surface area (TPSA) is 122 Å². The second-order valence-corrected chi connectivity index (χ2v) is 16.4. The smallest absolute Gasteiger partial charge is 0.306 e. The summed E-state index contributed by atoms with van der Waals surface area (Å²) in [6.07, 6.45) is 6.23. The molecule has 202 valence electrons. The predicted molar refractivity (Wildman–Crippen MR) is 143 cm³/mol. The number of rotatable bonds is 11. The van der Waals surface area contributed by atoms with E-state index in [1.807, 2.05) is 0 Å². The molecule has 0 spiro atoms. The molecule has 0 bridgehead atoms. The highest BCUT2D eigenvalue weighted by Gasteiger charge is 2.56. The molecule has 2 aromatic heterocycles. The maximum atomic E-state index is 12.8. The number of unbranched alkanes of at least 4 members (excludes halogenated alkanes) is 4. The molecule has 4 atom stereocenters. The molecular formula is C26H44N4O5Si. The van der Waals surface area contributed by atoms with Gasteiger partial charge in [0, 0.05) is 12.6 Å². The van der Waals surface area contributed by atoms with Crippen LogP contribution in [0.25, 0.3) is 11.0 Å². The van der Waals surface area contributed by atoms with Crippen molar-refractivity contribution < 1.29 is 23.8 Å². The van der Waals surface area contributed by atoms with Gasteiger partial charge in [0.1, 0.15) is 29.5 Å². The van der Waals surface area contributed by atoms with E-state index in [2.05, 4.69) is 50.8 Å². The lowest BCUT2D eigenvalue weighted by Gasteiger charge is -2.37. The number of carbonyl (C=O) groups is 1. The number of nitrogens with two attached hydrogens (primary N) is 1. The highest BCUT2D eigenvalue weighted by atomic mass is 28.4. The van der Waals surface area contributed by atoms with Gasteiger partial charge in [0.25, 0.3) is 0 Å². The number of aliphatic hydroxyl groups is 1. The van der Waals surface area contributed by atoms with Crippen molar-refractivity contribution in [1.82, 2.24) is 14.5 Å². The molecular weight excluding hydrogens is 476 g/mol. The highest BCUT2D eigenvalue weighted by Crippen LogP contribution is 2.43. The Bertz CT molecular complexity index is 1030. The Labute approximate surface area is 215 Å². The SMILES string of the molecule is CCCCCCCC(=O)O[C@@H]1[C@@H](CO[Si](C)(C)C(C)(C)C)O[C@@H](n2ccc3c(N)ncnc32)[C@]1(C)O. The zero-order valence-corrected chi connectivity index (χ0v) is 23.9. The van der Waals surface area contributed by atoms with Gasteiger partial charge >= 0.3 is 5.97 Å². The molecule has 0 unspecified atom stereocenters. The Morgan fingerprint density at radius 3 is 2.61 bits per heavy atom. The van der Waals surface area contributed by atoms with Crippen LogP contribution in [0.3, 0.4) is 0 Å². The van der Waals surface area contributed by atoms with Gasteiger partial charge in [-0.2, -0.15) is 0 Å². The number of fused-ring (bicyclic) bond motifs is 1. The molecule has 10 heteroatoms. The fourth-order valence-corrected chi connectivity index (χ4v) is 5.33. The lowest BCUT2D eigenvalue weighted by atomic mass is 9.96. The number of carbonyl (C=O) groups excluding carboxylic acids is 1. The minimum Gasteiger partial charge on any atom is -0.456 e. The van der Waals surface area contributed by atoms with E-state index in [1.165, 1.54) is 6.33 Å². The van der Waals surface area contributed by atoms with E-state index in [0.717, 1.165) is 32.1 Å². The fraction of sp³-hybridized carbons (Fsp3) is 0.731. The normalized spacial score (nSPS) is 24.9. The third kappa shape index (κ3) is 6.09. The molecule has 1 saturated heterocycles. The van der Waals surface area contributed by atoms with E-state index in [1.54, 1.807) is 23.8 Å². The highest BCUT2D eigenvalue weighted by molar-refractivity contribution is 6.74. The predicted octanol–water partition coefficient (Wildman–Crippen LogP) is 4.96. The Kier molecular flexibility index (Phi) is 8.85. The molecule has 3 N–H and O–H groups in total. The Balaban J connectivity index is 1.84. The van der Waals surface area contributed by atoms with Crippen molar-refractivity contribution in [2.45, 2.75) is 115 Å². The van der Waals surface area contributed by atoms with Gasteiger partial charge < -0.3 is 29.3 Å². The van der Waals surface area contributed by atoms with Crippen LogP contribution >= 0.6 is 0 Å². The van der Waals surface area contributed by atoms with E-state index in [9.17, 15) is 9.90 Å². The molecule has 36 heavy (non-hydrogen) atoms. The second kappa shape index (κ2) is 11.2. The zero-order chi connectivity index (χ0) is 26.7. The van der Waals surface area contributed by atoms with Crippen molar-refractivity contribution >= 4 is 31.1 Å². The molecule has 1 aliphatic heterocycles. The minimum absolute atomic E-state index is 0.00324. The van der Waals surface area contributed by atoms with Crippen LogP contribution in [0.2, 0.25) is 18.1 Å². The van der Waals surface area contributed by atoms with Crippen LogP contribution in [0.4, 0.5) is 5.82 Å². The maximum absolute atomic E-state index is 12.8. The number of nitrogen functional groups attached to an aromatic ring is 1. The van der Waals surface area contributed by atoms with Crippen molar-refractivity contribution in [2.75, 3.05) is 12.3 Å². The summed E-state index contributed by atoms with van der Waals surface area (Å²) < 4.78 is 20.5. The zero-order valence-electron chi connectivity index (χ0n) is 22.9. The first kappa shape index (κ1) is 28.6. The molecule has 3 rings (SSSR count). The summed E-state index contributed by atoms with van der Waals surface area (Å²) in [4.78, 5) is 21.2. The Hall–Kier alpha value is -2.01. The van der Waals surface area contributed by atoms with Crippen LogP contribution in [0, 0.1) is 0 Å². The van der Waals surface area contributed by atoms with E-state index in [-0.39, 0.29) is 17.6 Å². The first-order valence-electron chi connectivity index (χ1n) is 13.1. The van der Waals surface area contributed by atoms with Crippen LogP contribution in [0.1, 0.15) is 79.4 Å². The van der Waals surface area contributed by atoms with Gasteiger partial charge in [0.2, 0.25) is 0 Å². The molecule has 0 aliphatic carbocycles. The van der Waals surface area contributed by atoms with Crippen LogP contribution in [0.15, 0.2) is 18.6 Å². The summed E-state index contributed by atoms with van der Waals surface area (Å²) in [6, 6.07) is 1.79. The number of nitrogens with zero attached hydrogens (tertiary/aromatic N) is 3. The number of aromatic nitrogens is 3. The van der Waals surface area contributed by atoms with Gasteiger partial charge in [0.05, 0.1) is 12.0 Å². The lowest BCUT2D eigenvalue weighted by Crippen LogP contribution is -2.49. The van der Waals surface area contributed by atoms with Crippen molar-refractivity contribution in [3.05, 3.63) is 18.6 Å². The second-order valence-electron chi connectivity index (χ2n) is 11.6. The molecule has 3 heterocycles. The number of ether oxygens (including phenoxy) is 2. The molecule has 9 nitrogen and oxygen atoms in total. The molecule has 1 aliphatic rings. The standard InChI is InChI=1S/C26H44N4O5Si/c1-8-9-10-11-12-13-20(31)35-21-19(16-33-36(6,7)25(2,3)4)34-24(26(21,5)32)30-15-14-18-22(27)28-17-29-23(18)30/h14-15,17,19,21,24,32H,8-13,16H2,1-7H3,(H2,27,28,29)/t19-,21-,24-,26-/m1/s1. The first-order valence-corrected chi connectivity index (χ1v) is 16.0. The van der Waals surface area contributed by atoms with Crippen LogP contribution < -0.4 is 5.73 Å². The number of anilines is 1. The van der Waals surface area contributed by atoms with E-state index < -0.39 is 32.4 Å².